The molecule has 1 aromatic carbocycles. The lowest BCUT2D eigenvalue weighted by molar-refractivity contribution is -0.131. The van der Waals surface area contributed by atoms with E-state index in [-0.39, 0.29) is 17.6 Å². The Morgan fingerprint density at radius 2 is 1.59 bits per heavy atom. The second-order valence-corrected chi connectivity index (χ2v) is 7.65. The van der Waals surface area contributed by atoms with E-state index in [0.717, 1.165) is 36.2 Å². The Balaban J connectivity index is 1.50. The van der Waals surface area contributed by atoms with Gasteiger partial charge < -0.3 is 9.80 Å². The van der Waals surface area contributed by atoms with E-state index in [1.807, 2.05) is 35.8 Å². The number of carbonyl (C=O) groups is 2. The van der Waals surface area contributed by atoms with Crippen LogP contribution in [-0.4, -0.2) is 52.8 Å². The molecule has 3 rings (SSSR count). The van der Waals surface area contributed by atoms with E-state index in [2.05, 4.69) is 4.98 Å². The molecule has 0 saturated carbocycles. The highest BCUT2D eigenvalue weighted by Gasteiger charge is 2.23. The molecule has 1 aliphatic rings. The number of hydrogen-bond donors (Lipinski definition) is 0. The number of nitrogens with zero attached hydrogens (tertiary/aromatic N) is 3. The van der Waals surface area contributed by atoms with E-state index in [1.165, 1.54) is 12.1 Å². The van der Waals surface area contributed by atoms with Gasteiger partial charge in [-0.05, 0) is 62.9 Å². The van der Waals surface area contributed by atoms with Gasteiger partial charge in [-0.1, -0.05) is 12.1 Å². The van der Waals surface area contributed by atoms with E-state index >= 15 is 0 Å². The minimum Gasteiger partial charge on any atom is -0.341 e. The highest BCUT2D eigenvalue weighted by atomic mass is 19.1. The standard InChI is InChI=1S/C23H28FN3O2/c1-17-15-20(16-18(2)25-17)23(29)27-12-4-11-26(13-14-27)22(28)6-3-5-19-7-9-21(24)10-8-19/h7-10,15-16H,3-6,11-14H2,1-2H3. The van der Waals surface area contributed by atoms with Gasteiger partial charge in [-0.15, -0.1) is 0 Å². The van der Waals surface area contributed by atoms with Crippen LogP contribution in [0.15, 0.2) is 36.4 Å². The van der Waals surface area contributed by atoms with Gasteiger partial charge in [0, 0.05) is 49.6 Å². The van der Waals surface area contributed by atoms with Crippen molar-refractivity contribution in [2.24, 2.45) is 0 Å². The summed E-state index contributed by atoms with van der Waals surface area (Å²) in [5.74, 6) is -0.119. The molecule has 0 radical (unpaired) electrons. The molecule has 1 aromatic heterocycles. The van der Waals surface area contributed by atoms with Crippen molar-refractivity contribution in [3.8, 4) is 0 Å². The van der Waals surface area contributed by atoms with Crippen molar-refractivity contribution < 1.29 is 14.0 Å². The molecule has 6 heteroatoms. The van der Waals surface area contributed by atoms with Crippen LogP contribution in [0.2, 0.25) is 0 Å². The second-order valence-electron chi connectivity index (χ2n) is 7.65. The van der Waals surface area contributed by atoms with Crippen molar-refractivity contribution in [3.05, 3.63) is 64.7 Å². The molecular weight excluding hydrogens is 369 g/mol. The maximum Gasteiger partial charge on any atom is 0.254 e. The lowest BCUT2D eigenvalue weighted by atomic mass is 10.1. The first kappa shape index (κ1) is 21.0. The smallest absolute Gasteiger partial charge is 0.254 e. The zero-order chi connectivity index (χ0) is 20.8. The van der Waals surface area contributed by atoms with Crippen LogP contribution in [0, 0.1) is 19.7 Å². The van der Waals surface area contributed by atoms with Crippen molar-refractivity contribution in [3.63, 3.8) is 0 Å². The Bertz CT molecular complexity index is 847. The fourth-order valence-electron chi connectivity index (χ4n) is 3.76. The number of rotatable bonds is 5. The van der Waals surface area contributed by atoms with Gasteiger partial charge in [0.2, 0.25) is 5.91 Å². The number of amides is 2. The van der Waals surface area contributed by atoms with Gasteiger partial charge in [0.25, 0.3) is 5.91 Å². The van der Waals surface area contributed by atoms with E-state index in [1.54, 1.807) is 12.1 Å². The molecule has 0 aliphatic carbocycles. The second kappa shape index (κ2) is 9.63. The fourth-order valence-corrected chi connectivity index (χ4v) is 3.76. The summed E-state index contributed by atoms with van der Waals surface area (Å²) in [6, 6.07) is 10.1. The Labute approximate surface area is 171 Å². The normalized spacial score (nSPS) is 14.6. The van der Waals surface area contributed by atoms with Gasteiger partial charge in [-0.25, -0.2) is 4.39 Å². The Hall–Kier alpha value is -2.76. The Kier molecular flexibility index (Phi) is 6.96. The van der Waals surface area contributed by atoms with E-state index in [9.17, 15) is 14.0 Å². The summed E-state index contributed by atoms with van der Waals surface area (Å²) in [7, 11) is 0. The minimum absolute atomic E-state index is 0.00390. The van der Waals surface area contributed by atoms with Gasteiger partial charge in [0.1, 0.15) is 5.82 Å². The number of pyridine rings is 1. The van der Waals surface area contributed by atoms with Gasteiger partial charge in [-0.3, -0.25) is 14.6 Å². The number of hydrogen-bond acceptors (Lipinski definition) is 3. The first-order valence-electron chi connectivity index (χ1n) is 10.2. The summed E-state index contributed by atoms with van der Waals surface area (Å²) >= 11 is 0. The molecule has 2 amide bonds. The first-order chi connectivity index (χ1) is 13.9. The van der Waals surface area contributed by atoms with E-state index in [4.69, 9.17) is 0 Å². The third-order valence-corrected chi connectivity index (χ3v) is 5.23. The van der Waals surface area contributed by atoms with Gasteiger partial charge in [0.15, 0.2) is 0 Å². The maximum atomic E-state index is 13.0. The van der Waals surface area contributed by atoms with Crippen LogP contribution in [0.4, 0.5) is 4.39 Å². The summed E-state index contributed by atoms with van der Waals surface area (Å²) in [6.07, 6.45) is 2.73. The lowest BCUT2D eigenvalue weighted by Gasteiger charge is -2.22. The molecule has 0 unspecified atom stereocenters. The predicted molar refractivity (Wildman–Crippen MR) is 110 cm³/mol. The highest BCUT2D eigenvalue weighted by Crippen LogP contribution is 2.13. The summed E-state index contributed by atoms with van der Waals surface area (Å²) in [6.45, 7) is 6.20. The number of aromatic nitrogens is 1. The molecule has 1 fully saturated rings. The fraction of sp³-hybridized carbons (Fsp3) is 0.435. The molecule has 0 atom stereocenters. The zero-order valence-electron chi connectivity index (χ0n) is 17.2. The van der Waals surface area contributed by atoms with Crippen molar-refractivity contribution >= 4 is 11.8 Å². The molecule has 1 aliphatic heterocycles. The molecule has 0 bridgehead atoms. The van der Waals surface area contributed by atoms with Crippen molar-refractivity contribution in [1.82, 2.24) is 14.8 Å². The molecule has 5 nitrogen and oxygen atoms in total. The monoisotopic (exact) mass is 397 g/mol. The van der Waals surface area contributed by atoms with Crippen LogP contribution in [0.3, 0.4) is 0 Å². The topological polar surface area (TPSA) is 53.5 Å². The van der Waals surface area contributed by atoms with Gasteiger partial charge in [0.05, 0.1) is 0 Å². The summed E-state index contributed by atoms with van der Waals surface area (Å²) in [4.78, 5) is 33.5. The van der Waals surface area contributed by atoms with Crippen LogP contribution in [0.5, 0.6) is 0 Å². The summed E-state index contributed by atoms with van der Waals surface area (Å²) < 4.78 is 13.0. The molecule has 0 spiro atoms. The molecule has 2 aromatic rings. The Morgan fingerprint density at radius 1 is 0.966 bits per heavy atom. The SMILES string of the molecule is Cc1cc(C(=O)N2CCCN(C(=O)CCCc3ccc(F)cc3)CC2)cc(C)n1. The first-order valence-corrected chi connectivity index (χ1v) is 10.2. The third-order valence-electron chi connectivity index (χ3n) is 5.23. The minimum atomic E-state index is -0.245. The predicted octanol–water partition coefficient (Wildman–Crippen LogP) is 3.53. The zero-order valence-corrected chi connectivity index (χ0v) is 17.2. The van der Waals surface area contributed by atoms with Gasteiger partial charge >= 0.3 is 0 Å². The largest absolute Gasteiger partial charge is 0.341 e. The number of aryl methyl sites for hydroxylation is 3. The molecule has 2 heterocycles. The van der Waals surface area contributed by atoms with Crippen LogP contribution in [-0.2, 0) is 11.2 Å². The van der Waals surface area contributed by atoms with Crippen molar-refractivity contribution in [2.75, 3.05) is 26.2 Å². The highest BCUT2D eigenvalue weighted by molar-refractivity contribution is 5.94. The van der Waals surface area contributed by atoms with Crippen LogP contribution in [0.1, 0.15) is 46.6 Å². The van der Waals surface area contributed by atoms with Gasteiger partial charge in [-0.2, -0.15) is 0 Å². The van der Waals surface area contributed by atoms with E-state index in [0.29, 0.717) is 38.2 Å². The van der Waals surface area contributed by atoms with Crippen LogP contribution < -0.4 is 0 Å². The summed E-state index contributed by atoms with van der Waals surface area (Å²) in [5.41, 5.74) is 3.37. The Morgan fingerprint density at radius 3 is 2.28 bits per heavy atom. The van der Waals surface area contributed by atoms with Crippen molar-refractivity contribution in [1.29, 1.82) is 0 Å². The molecular formula is C23H28FN3O2. The maximum absolute atomic E-state index is 13.0. The van der Waals surface area contributed by atoms with E-state index < -0.39 is 0 Å². The number of carbonyl (C=O) groups excluding carboxylic acids is 2. The van der Waals surface area contributed by atoms with Crippen LogP contribution in [0.25, 0.3) is 0 Å². The lowest BCUT2D eigenvalue weighted by Crippen LogP contribution is -2.37. The molecule has 1 saturated heterocycles. The number of benzene rings is 1. The van der Waals surface area contributed by atoms with Crippen LogP contribution >= 0.6 is 0 Å². The third kappa shape index (κ3) is 5.86. The molecule has 29 heavy (non-hydrogen) atoms. The summed E-state index contributed by atoms with van der Waals surface area (Å²) in [5, 5.41) is 0. The number of halogens is 1. The molecule has 154 valence electrons. The van der Waals surface area contributed by atoms with Crippen molar-refractivity contribution in [2.45, 2.75) is 39.5 Å². The molecule has 0 N–H and O–H groups in total. The quantitative estimate of drug-likeness (QED) is 0.776. The average Bonchev–Trinajstić information content (AvgIpc) is 2.94. The average molecular weight is 397 g/mol.